The molecule has 0 unspecified atom stereocenters. The van der Waals surface area contributed by atoms with E-state index in [-0.39, 0.29) is 5.91 Å². The van der Waals surface area contributed by atoms with Gasteiger partial charge in [0.1, 0.15) is 0 Å². The zero-order valence-electron chi connectivity index (χ0n) is 10.2. The van der Waals surface area contributed by atoms with Crippen LogP contribution in [-0.2, 0) is 4.79 Å². The molecule has 0 heterocycles. The Labute approximate surface area is 93.5 Å². The highest BCUT2D eigenvalue weighted by atomic mass is 16.1. The third-order valence-electron chi connectivity index (χ3n) is 2.09. The Kier molecular flexibility index (Phi) is 8.84. The van der Waals surface area contributed by atoms with Crippen molar-refractivity contribution in [2.75, 3.05) is 6.54 Å². The Bertz CT molecular complexity index is 229. The van der Waals surface area contributed by atoms with E-state index in [1.54, 1.807) is 6.92 Å². The lowest BCUT2D eigenvalue weighted by molar-refractivity contribution is -0.118. The standard InChI is InChI=1S/C11H17NO.C2H6/c1-10(13)12-9-5-8-11-6-3-2-4-7-11;1-2/h3,6-7H,2,4-5,8-9H2,1H3,(H,12,13);1-2H3. The van der Waals surface area contributed by atoms with Gasteiger partial charge in [-0.15, -0.1) is 0 Å². The largest absolute Gasteiger partial charge is 0.356 e. The van der Waals surface area contributed by atoms with E-state index in [0.29, 0.717) is 0 Å². The molecule has 0 saturated heterocycles. The maximum absolute atomic E-state index is 10.6. The molecule has 0 radical (unpaired) electrons. The van der Waals surface area contributed by atoms with Crippen LogP contribution in [-0.4, -0.2) is 12.5 Å². The van der Waals surface area contributed by atoms with Gasteiger partial charge in [0, 0.05) is 13.5 Å². The zero-order valence-corrected chi connectivity index (χ0v) is 10.2. The zero-order chi connectivity index (χ0) is 11.5. The van der Waals surface area contributed by atoms with E-state index >= 15 is 0 Å². The van der Waals surface area contributed by atoms with Crippen molar-refractivity contribution in [2.45, 2.75) is 46.5 Å². The highest BCUT2D eigenvalue weighted by Gasteiger charge is 1.97. The molecule has 0 saturated carbocycles. The molecule has 0 bridgehead atoms. The van der Waals surface area contributed by atoms with Gasteiger partial charge in [0.25, 0.3) is 0 Å². The van der Waals surface area contributed by atoms with E-state index in [1.807, 2.05) is 13.8 Å². The highest BCUT2D eigenvalue weighted by Crippen LogP contribution is 2.13. The molecule has 0 aromatic rings. The van der Waals surface area contributed by atoms with Crippen molar-refractivity contribution in [1.82, 2.24) is 5.32 Å². The number of amides is 1. The first-order chi connectivity index (χ1) is 7.29. The maximum atomic E-state index is 10.6. The van der Waals surface area contributed by atoms with Crippen LogP contribution in [0.1, 0.15) is 46.5 Å². The summed E-state index contributed by atoms with van der Waals surface area (Å²) in [4.78, 5) is 10.6. The molecule has 0 aromatic heterocycles. The molecule has 1 rings (SSSR count). The van der Waals surface area contributed by atoms with Crippen LogP contribution in [0.2, 0.25) is 0 Å². The van der Waals surface area contributed by atoms with Gasteiger partial charge < -0.3 is 5.32 Å². The van der Waals surface area contributed by atoms with Crippen molar-refractivity contribution in [2.24, 2.45) is 0 Å². The van der Waals surface area contributed by atoms with E-state index < -0.39 is 0 Å². The van der Waals surface area contributed by atoms with Crippen LogP contribution in [0.4, 0.5) is 0 Å². The smallest absolute Gasteiger partial charge is 0.216 e. The molecule has 15 heavy (non-hydrogen) atoms. The average molecular weight is 209 g/mol. The van der Waals surface area contributed by atoms with Gasteiger partial charge in [-0.1, -0.05) is 37.6 Å². The quantitative estimate of drug-likeness (QED) is 0.708. The summed E-state index contributed by atoms with van der Waals surface area (Å²) in [5.74, 6) is 0.0631. The van der Waals surface area contributed by atoms with Crippen LogP contribution in [0, 0.1) is 0 Å². The lowest BCUT2D eigenvalue weighted by Gasteiger charge is -2.06. The average Bonchev–Trinajstić information content (AvgIpc) is 2.28. The first-order valence-corrected chi connectivity index (χ1v) is 5.89. The van der Waals surface area contributed by atoms with E-state index in [1.165, 1.54) is 18.4 Å². The van der Waals surface area contributed by atoms with Gasteiger partial charge in [-0.05, 0) is 25.7 Å². The van der Waals surface area contributed by atoms with E-state index in [4.69, 9.17) is 0 Å². The molecule has 0 aromatic carbocycles. The Morgan fingerprint density at radius 1 is 1.40 bits per heavy atom. The second kappa shape index (κ2) is 9.50. The molecular formula is C13H23NO. The highest BCUT2D eigenvalue weighted by molar-refractivity contribution is 5.72. The number of allylic oxidation sites excluding steroid dienone is 4. The van der Waals surface area contributed by atoms with E-state index in [9.17, 15) is 4.79 Å². The summed E-state index contributed by atoms with van der Waals surface area (Å²) >= 11 is 0. The van der Waals surface area contributed by atoms with Crippen molar-refractivity contribution < 1.29 is 4.79 Å². The molecular weight excluding hydrogens is 186 g/mol. The number of carbonyl (C=O) groups excluding carboxylic acids is 1. The molecule has 2 heteroatoms. The summed E-state index contributed by atoms with van der Waals surface area (Å²) in [5, 5.41) is 2.79. The molecule has 0 aliphatic heterocycles. The van der Waals surface area contributed by atoms with Crippen LogP contribution in [0.5, 0.6) is 0 Å². The molecule has 2 nitrogen and oxygen atoms in total. The number of hydrogen-bond acceptors (Lipinski definition) is 1. The SMILES string of the molecule is CC.CC(=O)NCCCC1=CCCC=C1. The third kappa shape index (κ3) is 7.98. The normalized spacial score (nSPS) is 13.7. The minimum atomic E-state index is 0.0631. The van der Waals surface area contributed by atoms with Gasteiger partial charge in [0.15, 0.2) is 0 Å². The lowest BCUT2D eigenvalue weighted by atomic mass is 10.0. The van der Waals surface area contributed by atoms with Crippen LogP contribution < -0.4 is 5.32 Å². The van der Waals surface area contributed by atoms with Crippen molar-refractivity contribution in [1.29, 1.82) is 0 Å². The number of carbonyl (C=O) groups is 1. The Morgan fingerprint density at radius 3 is 2.67 bits per heavy atom. The second-order valence-corrected chi connectivity index (χ2v) is 3.35. The first kappa shape index (κ1) is 13.9. The third-order valence-corrected chi connectivity index (χ3v) is 2.09. The predicted octanol–water partition coefficient (Wildman–Crippen LogP) is 3.21. The monoisotopic (exact) mass is 209 g/mol. The summed E-state index contributed by atoms with van der Waals surface area (Å²) in [7, 11) is 0. The fourth-order valence-electron chi connectivity index (χ4n) is 1.41. The minimum absolute atomic E-state index is 0.0631. The van der Waals surface area contributed by atoms with Crippen molar-refractivity contribution in [3.8, 4) is 0 Å². The number of rotatable bonds is 4. The van der Waals surface area contributed by atoms with Crippen LogP contribution >= 0.6 is 0 Å². The Hall–Kier alpha value is -1.05. The van der Waals surface area contributed by atoms with Gasteiger partial charge in [0.05, 0.1) is 0 Å². The molecule has 86 valence electrons. The topological polar surface area (TPSA) is 29.1 Å². The van der Waals surface area contributed by atoms with Crippen LogP contribution in [0.15, 0.2) is 23.8 Å². The van der Waals surface area contributed by atoms with E-state index in [2.05, 4.69) is 23.5 Å². The number of hydrogen-bond donors (Lipinski definition) is 1. The summed E-state index contributed by atoms with van der Waals surface area (Å²) in [5.41, 5.74) is 1.41. The van der Waals surface area contributed by atoms with Crippen LogP contribution in [0.25, 0.3) is 0 Å². The van der Waals surface area contributed by atoms with Crippen molar-refractivity contribution in [3.05, 3.63) is 23.8 Å². The summed E-state index contributed by atoms with van der Waals surface area (Å²) in [6.07, 6.45) is 11.2. The summed E-state index contributed by atoms with van der Waals surface area (Å²) in [6, 6.07) is 0. The van der Waals surface area contributed by atoms with Gasteiger partial charge in [-0.2, -0.15) is 0 Å². The molecule has 1 N–H and O–H groups in total. The molecule has 1 aliphatic carbocycles. The minimum Gasteiger partial charge on any atom is -0.356 e. The Morgan fingerprint density at radius 2 is 2.13 bits per heavy atom. The van der Waals surface area contributed by atoms with E-state index in [0.717, 1.165) is 19.4 Å². The van der Waals surface area contributed by atoms with Crippen molar-refractivity contribution >= 4 is 5.91 Å². The molecule has 0 atom stereocenters. The molecule has 1 amide bonds. The molecule has 1 aliphatic rings. The number of nitrogens with one attached hydrogen (secondary N) is 1. The summed E-state index contributed by atoms with van der Waals surface area (Å²) in [6.45, 7) is 6.35. The fourth-order valence-corrected chi connectivity index (χ4v) is 1.41. The van der Waals surface area contributed by atoms with Crippen molar-refractivity contribution in [3.63, 3.8) is 0 Å². The lowest BCUT2D eigenvalue weighted by Crippen LogP contribution is -2.20. The van der Waals surface area contributed by atoms with Gasteiger partial charge >= 0.3 is 0 Å². The molecule has 0 spiro atoms. The summed E-state index contributed by atoms with van der Waals surface area (Å²) < 4.78 is 0. The van der Waals surface area contributed by atoms with Gasteiger partial charge in [0.2, 0.25) is 5.91 Å². The Balaban J connectivity index is 0.000000921. The maximum Gasteiger partial charge on any atom is 0.216 e. The van der Waals surface area contributed by atoms with Gasteiger partial charge in [-0.25, -0.2) is 0 Å². The molecule has 0 fully saturated rings. The van der Waals surface area contributed by atoms with Crippen LogP contribution in [0.3, 0.4) is 0 Å². The second-order valence-electron chi connectivity index (χ2n) is 3.35. The first-order valence-electron chi connectivity index (χ1n) is 5.89. The van der Waals surface area contributed by atoms with Gasteiger partial charge in [-0.3, -0.25) is 4.79 Å². The fraction of sp³-hybridized carbons (Fsp3) is 0.615. The predicted molar refractivity (Wildman–Crippen MR) is 65.7 cm³/mol.